The molecule has 0 bridgehead atoms. The van der Waals surface area contributed by atoms with Crippen molar-refractivity contribution in [1.29, 1.82) is 0 Å². The Balaban J connectivity index is 2.01. The normalized spacial score (nSPS) is 22.3. The van der Waals surface area contributed by atoms with Crippen molar-refractivity contribution in [2.24, 2.45) is 5.92 Å². The van der Waals surface area contributed by atoms with Crippen molar-refractivity contribution in [3.05, 3.63) is 17.9 Å². The van der Waals surface area contributed by atoms with Crippen LogP contribution in [0.15, 0.2) is 12.1 Å². The molecule has 21 heavy (non-hydrogen) atoms. The smallest absolute Gasteiger partial charge is 0.387 e. The molecule has 1 saturated carbocycles. The molecule has 4 nitrogen and oxygen atoms in total. The van der Waals surface area contributed by atoms with Crippen molar-refractivity contribution in [3.8, 4) is 5.75 Å². The molecule has 2 unspecified atom stereocenters. The van der Waals surface area contributed by atoms with Crippen molar-refractivity contribution in [3.63, 3.8) is 0 Å². The van der Waals surface area contributed by atoms with Gasteiger partial charge >= 0.3 is 6.61 Å². The van der Waals surface area contributed by atoms with Gasteiger partial charge in [-0.15, -0.1) is 0 Å². The number of hydrogen-bond donors (Lipinski definition) is 3. The highest BCUT2D eigenvalue weighted by molar-refractivity contribution is 5.68. The van der Waals surface area contributed by atoms with Crippen molar-refractivity contribution in [2.75, 3.05) is 17.6 Å². The lowest BCUT2D eigenvalue weighted by molar-refractivity contribution is -0.0521. The number of benzene rings is 1. The van der Waals surface area contributed by atoms with Crippen molar-refractivity contribution < 1.29 is 23.0 Å². The summed E-state index contributed by atoms with van der Waals surface area (Å²) in [5.74, 6) is -1.19. The molecule has 1 aliphatic rings. The fraction of sp³-hybridized carbons (Fsp3) is 0.571. The van der Waals surface area contributed by atoms with E-state index in [1.165, 1.54) is 0 Å². The van der Waals surface area contributed by atoms with Gasteiger partial charge in [0.1, 0.15) is 0 Å². The lowest BCUT2D eigenvalue weighted by Crippen LogP contribution is -2.25. The fourth-order valence-corrected chi connectivity index (χ4v) is 2.61. The minimum atomic E-state index is -3.09. The number of aliphatic hydroxyl groups is 1. The summed E-state index contributed by atoms with van der Waals surface area (Å²) in [6.45, 7) is -2.55. The summed E-state index contributed by atoms with van der Waals surface area (Å²) in [5, 5.41) is 12.6. The summed E-state index contributed by atoms with van der Waals surface area (Å²) in [5.41, 5.74) is 6.15. The van der Waals surface area contributed by atoms with Gasteiger partial charge in [0, 0.05) is 18.7 Å². The Morgan fingerprint density at radius 2 is 2.14 bits per heavy atom. The van der Waals surface area contributed by atoms with Gasteiger partial charge in [0.2, 0.25) is 0 Å². The van der Waals surface area contributed by atoms with E-state index in [9.17, 15) is 18.3 Å². The van der Waals surface area contributed by atoms with Crippen LogP contribution >= 0.6 is 0 Å². The van der Waals surface area contributed by atoms with Gasteiger partial charge in [-0.25, -0.2) is 4.39 Å². The van der Waals surface area contributed by atoms with E-state index in [1.807, 2.05) is 0 Å². The second kappa shape index (κ2) is 6.89. The lowest BCUT2D eigenvalue weighted by atomic mass is 9.87. The molecule has 118 valence electrons. The first kappa shape index (κ1) is 15.8. The van der Waals surface area contributed by atoms with Crippen LogP contribution in [-0.2, 0) is 0 Å². The maximum Gasteiger partial charge on any atom is 0.387 e. The molecular weight excluding hydrogens is 285 g/mol. The highest BCUT2D eigenvalue weighted by Gasteiger charge is 2.20. The van der Waals surface area contributed by atoms with E-state index in [1.54, 1.807) is 0 Å². The van der Waals surface area contributed by atoms with Crippen LogP contribution < -0.4 is 15.8 Å². The van der Waals surface area contributed by atoms with E-state index in [4.69, 9.17) is 5.73 Å². The van der Waals surface area contributed by atoms with Crippen LogP contribution in [0, 0.1) is 11.7 Å². The topological polar surface area (TPSA) is 67.5 Å². The standard InChI is InChI=1S/C14H19F3N2O2/c15-10-5-11(18)12(6-13(10)21-14(16)17)19-7-8-2-1-3-9(20)4-8/h5-6,8-9,14,19-20H,1-4,7,18H2. The summed E-state index contributed by atoms with van der Waals surface area (Å²) in [6, 6.07) is 2.09. The zero-order valence-electron chi connectivity index (χ0n) is 11.5. The number of ether oxygens (including phenoxy) is 1. The number of anilines is 2. The maximum absolute atomic E-state index is 13.4. The predicted octanol–water partition coefficient (Wildman–Crippen LogP) is 2.97. The molecule has 0 amide bonds. The average molecular weight is 304 g/mol. The van der Waals surface area contributed by atoms with Gasteiger partial charge in [0.25, 0.3) is 0 Å². The Morgan fingerprint density at radius 1 is 1.38 bits per heavy atom. The van der Waals surface area contributed by atoms with Crippen molar-refractivity contribution >= 4 is 11.4 Å². The van der Waals surface area contributed by atoms with E-state index >= 15 is 0 Å². The van der Waals surface area contributed by atoms with Crippen molar-refractivity contribution in [1.82, 2.24) is 0 Å². The summed E-state index contributed by atoms with van der Waals surface area (Å²) < 4.78 is 41.9. The van der Waals surface area contributed by atoms with Crippen LogP contribution in [0.3, 0.4) is 0 Å². The molecule has 2 atom stereocenters. The Kier molecular flexibility index (Phi) is 5.17. The lowest BCUT2D eigenvalue weighted by Gasteiger charge is -2.26. The average Bonchev–Trinajstić information content (AvgIpc) is 2.40. The molecular formula is C14H19F3N2O2. The van der Waals surface area contributed by atoms with Gasteiger partial charge in [0.05, 0.1) is 17.5 Å². The van der Waals surface area contributed by atoms with Gasteiger partial charge in [-0.1, -0.05) is 6.42 Å². The molecule has 1 aliphatic carbocycles. The molecule has 4 N–H and O–H groups in total. The molecule has 0 aliphatic heterocycles. The zero-order chi connectivity index (χ0) is 15.4. The van der Waals surface area contributed by atoms with E-state index < -0.39 is 18.2 Å². The minimum Gasteiger partial charge on any atom is -0.432 e. The zero-order valence-corrected chi connectivity index (χ0v) is 11.5. The predicted molar refractivity (Wildman–Crippen MR) is 73.9 cm³/mol. The number of halogens is 3. The largest absolute Gasteiger partial charge is 0.432 e. The molecule has 1 fully saturated rings. The monoisotopic (exact) mass is 304 g/mol. The summed E-state index contributed by atoms with van der Waals surface area (Å²) in [6.07, 6.45) is 3.13. The highest BCUT2D eigenvalue weighted by Crippen LogP contribution is 2.30. The van der Waals surface area contributed by atoms with Gasteiger partial charge in [0.15, 0.2) is 11.6 Å². The fourth-order valence-electron chi connectivity index (χ4n) is 2.61. The third kappa shape index (κ3) is 4.42. The SMILES string of the molecule is Nc1cc(F)c(OC(F)F)cc1NCC1CCCC(O)C1. The molecule has 1 aromatic carbocycles. The molecule has 1 aromatic rings. The maximum atomic E-state index is 13.4. The number of alkyl halides is 2. The van der Waals surface area contributed by atoms with Crippen LogP contribution in [0.2, 0.25) is 0 Å². The Bertz CT molecular complexity index is 486. The number of rotatable bonds is 5. The Hall–Kier alpha value is -1.63. The summed E-state index contributed by atoms with van der Waals surface area (Å²) in [7, 11) is 0. The van der Waals surface area contributed by atoms with Gasteiger partial charge in [-0.05, 0) is 25.2 Å². The quantitative estimate of drug-likeness (QED) is 0.732. The van der Waals surface area contributed by atoms with Crippen LogP contribution in [0.25, 0.3) is 0 Å². The number of aliphatic hydroxyl groups excluding tert-OH is 1. The van der Waals surface area contributed by atoms with E-state index in [0.29, 0.717) is 18.7 Å². The summed E-state index contributed by atoms with van der Waals surface area (Å²) >= 11 is 0. The van der Waals surface area contributed by atoms with Crippen LogP contribution in [0.1, 0.15) is 25.7 Å². The van der Waals surface area contributed by atoms with E-state index in [2.05, 4.69) is 10.1 Å². The number of nitrogens with two attached hydrogens (primary N) is 1. The first-order valence-electron chi connectivity index (χ1n) is 6.91. The van der Waals surface area contributed by atoms with Crippen LogP contribution in [0.4, 0.5) is 24.5 Å². The first-order chi connectivity index (χ1) is 9.95. The van der Waals surface area contributed by atoms with E-state index in [-0.39, 0.29) is 17.7 Å². The molecule has 2 rings (SSSR count). The second-order valence-corrected chi connectivity index (χ2v) is 5.32. The van der Waals surface area contributed by atoms with Crippen LogP contribution in [0.5, 0.6) is 5.75 Å². The molecule has 0 radical (unpaired) electrons. The number of nitrogens with one attached hydrogen (secondary N) is 1. The minimum absolute atomic E-state index is 0.130. The van der Waals surface area contributed by atoms with Gasteiger partial charge < -0.3 is 20.9 Å². The summed E-state index contributed by atoms with van der Waals surface area (Å²) in [4.78, 5) is 0. The third-order valence-electron chi connectivity index (χ3n) is 3.66. The highest BCUT2D eigenvalue weighted by atomic mass is 19.3. The third-order valence-corrected chi connectivity index (χ3v) is 3.66. The number of nitrogen functional groups attached to an aromatic ring is 1. The Morgan fingerprint density at radius 3 is 2.81 bits per heavy atom. The Labute approximate surface area is 121 Å². The van der Waals surface area contributed by atoms with Gasteiger partial charge in [-0.2, -0.15) is 8.78 Å². The van der Waals surface area contributed by atoms with Crippen LogP contribution in [-0.4, -0.2) is 24.4 Å². The number of hydrogen-bond acceptors (Lipinski definition) is 4. The van der Waals surface area contributed by atoms with Gasteiger partial charge in [-0.3, -0.25) is 0 Å². The molecule has 7 heteroatoms. The second-order valence-electron chi connectivity index (χ2n) is 5.32. The van der Waals surface area contributed by atoms with Crippen molar-refractivity contribution in [2.45, 2.75) is 38.4 Å². The molecule has 0 saturated heterocycles. The molecule has 0 aromatic heterocycles. The molecule has 0 spiro atoms. The first-order valence-corrected chi connectivity index (χ1v) is 6.91. The van der Waals surface area contributed by atoms with E-state index in [0.717, 1.165) is 31.4 Å². The molecule has 0 heterocycles.